The number of hydrogen-bond donors (Lipinski definition) is 1. The zero-order valence-corrected chi connectivity index (χ0v) is 17.8. The van der Waals surface area contributed by atoms with Crippen molar-refractivity contribution >= 4 is 6.09 Å². The molecule has 1 amide bonds. The maximum atomic E-state index is 12.8. The number of amides is 1. The largest absolute Gasteiger partial charge is 0.497 e. The van der Waals surface area contributed by atoms with Crippen LogP contribution < -0.4 is 10.1 Å². The summed E-state index contributed by atoms with van der Waals surface area (Å²) in [5, 5.41) is 3.66. The maximum Gasteiger partial charge on any atom is 0.410 e. The number of likely N-dealkylation sites (tertiary alicyclic amines) is 1. The third-order valence-electron chi connectivity index (χ3n) is 5.08. The van der Waals surface area contributed by atoms with Crippen molar-refractivity contribution in [1.29, 1.82) is 0 Å². The van der Waals surface area contributed by atoms with Crippen molar-refractivity contribution in [2.24, 2.45) is 0 Å². The Morgan fingerprint density at radius 3 is 2.69 bits per heavy atom. The van der Waals surface area contributed by atoms with Crippen molar-refractivity contribution in [1.82, 2.24) is 19.8 Å². The Kier molecular flexibility index (Phi) is 6.79. The van der Waals surface area contributed by atoms with E-state index in [-0.39, 0.29) is 18.2 Å². The first-order valence-electron chi connectivity index (χ1n) is 10.2. The molecule has 2 aromatic rings. The minimum absolute atomic E-state index is 0.0134. The number of carbonyl (C=O) groups is 1. The number of carbonyl (C=O) groups excluding carboxylic acids is 1. The standard InChI is InChI=1S/C22H32N4O3/c1-22(2,3)29-21(27)26-13-5-6-19(26)20(17-7-9-18(28-4)10-8-17)24-12-15-25-14-11-23-16-25/h7-11,14,16,19-20,24H,5-6,12-13,15H2,1-4H3/t19-,20+/m0/s1. The fraction of sp³-hybridized carbons (Fsp3) is 0.545. The van der Waals surface area contributed by atoms with E-state index >= 15 is 0 Å². The number of methoxy groups -OCH3 is 1. The van der Waals surface area contributed by atoms with Gasteiger partial charge in [-0.1, -0.05) is 12.1 Å². The number of ether oxygens (including phenoxy) is 2. The Morgan fingerprint density at radius 2 is 2.07 bits per heavy atom. The Bertz CT molecular complexity index is 768. The van der Waals surface area contributed by atoms with Crippen LogP contribution in [0.1, 0.15) is 45.2 Å². The molecular formula is C22H32N4O3. The molecule has 0 bridgehead atoms. The second-order valence-corrected chi connectivity index (χ2v) is 8.39. The molecule has 1 aromatic carbocycles. The quantitative estimate of drug-likeness (QED) is 0.769. The van der Waals surface area contributed by atoms with Gasteiger partial charge in [-0.15, -0.1) is 0 Å². The SMILES string of the molecule is COc1ccc([C@@H](NCCn2ccnc2)[C@@H]2CCCN2C(=O)OC(C)(C)C)cc1. The third kappa shape index (κ3) is 5.73. The van der Waals surface area contributed by atoms with Gasteiger partial charge in [0.2, 0.25) is 0 Å². The lowest BCUT2D eigenvalue weighted by atomic mass is 9.97. The molecule has 0 spiro atoms. The number of benzene rings is 1. The van der Waals surface area contributed by atoms with E-state index in [9.17, 15) is 4.79 Å². The van der Waals surface area contributed by atoms with Crippen molar-refractivity contribution in [3.8, 4) is 5.75 Å². The zero-order chi connectivity index (χ0) is 20.9. The fourth-order valence-corrected chi connectivity index (χ4v) is 3.74. The minimum Gasteiger partial charge on any atom is -0.497 e. The molecule has 0 radical (unpaired) electrons. The van der Waals surface area contributed by atoms with Crippen molar-refractivity contribution in [3.05, 3.63) is 48.5 Å². The predicted molar refractivity (Wildman–Crippen MR) is 112 cm³/mol. The van der Waals surface area contributed by atoms with Crippen LogP contribution in [0.15, 0.2) is 43.0 Å². The molecule has 0 aliphatic carbocycles. The van der Waals surface area contributed by atoms with Gasteiger partial charge in [0.05, 0.1) is 25.5 Å². The van der Waals surface area contributed by atoms with Gasteiger partial charge in [-0.25, -0.2) is 9.78 Å². The number of hydrogen-bond acceptors (Lipinski definition) is 5. The molecule has 1 aliphatic heterocycles. The Morgan fingerprint density at radius 1 is 1.31 bits per heavy atom. The van der Waals surface area contributed by atoms with Crippen LogP contribution in [0.3, 0.4) is 0 Å². The van der Waals surface area contributed by atoms with Gasteiger partial charge >= 0.3 is 6.09 Å². The molecule has 0 unspecified atom stereocenters. The van der Waals surface area contributed by atoms with Crippen molar-refractivity contribution in [2.75, 3.05) is 20.2 Å². The molecule has 2 atom stereocenters. The van der Waals surface area contributed by atoms with Gasteiger partial charge in [0.15, 0.2) is 0 Å². The molecule has 29 heavy (non-hydrogen) atoms. The van der Waals surface area contributed by atoms with Crippen molar-refractivity contribution < 1.29 is 14.3 Å². The molecule has 1 saturated heterocycles. The summed E-state index contributed by atoms with van der Waals surface area (Å²) in [6.45, 7) is 8.01. The van der Waals surface area contributed by atoms with E-state index in [1.165, 1.54) is 0 Å². The van der Waals surface area contributed by atoms with E-state index in [0.29, 0.717) is 0 Å². The molecule has 3 rings (SSSR count). The van der Waals surface area contributed by atoms with Gasteiger partial charge in [-0.2, -0.15) is 0 Å². The lowest BCUT2D eigenvalue weighted by Gasteiger charge is -2.34. The highest BCUT2D eigenvalue weighted by molar-refractivity contribution is 5.69. The lowest BCUT2D eigenvalue weighted by Crippen LogP contribution is -2.46. The van der Waals surface area contributed by atoms with Crippen LogP contribution in [0.5, 0.6) is 5.75 Å². The van der Waals surface area contributed by atoms with Gasteiger partial charge in [0.1, 0.15) is 11.4 Å². The van der Waals surface area contributed by atoms with Crippen LogP contribution in [-0.4, -0.2) is 52.4 Å². The fourth-order valence-electron chi connectivity index (χ4n) is 3.74. The van der Waals surface area contributed by atoms with E-state index in [0.717, 1.165) is 43.8 Å². The molecule has 1 N–H and O–H groups in total. The Hall–Kier alpha value is -2.54. The predicted octanol–water partition coefficient (Wildman–Crippen LogP) is 3.62. The van der Waals surface area contributed by atoms with Crippen LogP contribution >= 0.6 is 0 Å². The molecule has 7 heteroatoms. The average Bonchev–Trinajstić information content (AvgIpc) is 3.36. The second-order valence-electron chi connectivity index (χ2n) is 8.39. The van der Waals surface area contributed by atoms with E-state index in [1.54, 1.807) is 13.3 Å². The zero-order valence-electron chi connectivity index (χ0n) is 17.8. The van der Waals surface area contributed by atoms with E-state index in [4.69, 9.17) is 9.47 Å². The van der Waals surface area contributed by atoms with Crippen LogP contribution in [0.25, 0.3) is 0 Å². The van der Waals surface area contributed by atoms with Crippen molar-refractivity contribution in [2.45, 2.75) is 57.8 Å². The molecule has 2 heterocycles. The van der Waals surface area contributed by atoms with Gasteiger partial charge in [0.25, 0.3) is 0 Å². The molecule has 1 fully saturated rings. The first kappa shape index (κ1) is 21.2. The maximum absolute atomic E-state index is 12.8. The topological polar surface area (TPSA) is 68.6 Å². The monoisotopic (exact) mass is 400 g/mol. The van der Waals surface area contributed by atoms with E-state index in [1.807, 2.05) is 54.9 Å². The molecule has 158 valence electrons. The molecular weight excluding hydrogens is 368 g/mol. The Labute approximate surface area is 173 Å². The Balaban J connectivity index is 1.77. The summed E-state index contributed by atoms with van der Waals surface area (Å²) in [6, 6.07) is 8.12. The summed E-state index contributed by atoms with van der Waals surface area (Å²) in [7, 11) is 1.66. The summed E-state index contributed by atoms with van der Waals surface area (Å²) in [4.78, 5) is 18.8. The highest BCUT2D eigenvalue weighted by Gasteiger charge is 2.37. The van der Waals surface area contributed by atoms with Crippen LogP contribution in [0, 0.1) is 0 Å². The summed E-state index contributed by atoms with van der Waals surface area (Å²) in [6.07, 6.45) is 7.21. The molecule has 0 saturated carbocycles. The van der Waals surface area contributed by atoms with Gasteiger partial charge < -0.3 is 24.3 Å². The second kappa shape index (κ2) is 9.31. The smallest absolute Gasteiger partial charge is 0.410 e. The number of imidazole rings is 1. The molecule has 1 aromatic heterocycles. The average molecular weight is 401 g/mol. The normalized spacial score (nSPS) is 17.9. The number of rotatable bonds is 7. The first-order valence-corrected chi connectivity index (χ1v) is 10.2. The van der Waals surface area contributed by atoms with E-state index < -0.39 is 5.60 Å². The molecule has 1 aliphatic rings. The van der Waals surface area contributed by atoms with Crippen LogP contribution in [0.2, 0.25) is 0 Å². The van der Waals surface area contributed by atoms with Crippen LogP contribution in [0.4, 0.5) is 4.79 Å². The van der Waals surface area contributed by atoms with Gasteiger partial charge in [-0.05, 0) is 51.3 Å². The van der Waals surface area contributed by atoms with Crippen LogP contribution in [-0.2, 0) is 11.3 Å². The van der Waals surface area contributed by atoms with Crippen molar-refractivity contribution in [3.63, 3.8) is 0 Å². The van der Waals surface area contributed by atoms with Gasteiger partial charge in [0, 0.05) is 32.0 Å². The number of nitrogens with zero attached hydrogens (tertiary/aromatic N) is 3. The lowest BCUT2D eigenvalue weighted by molar-refractivity contribution is 0.0194. The number of nitrogens with one attached hydrogen (secondary N) is 1. The highest BCUT2D eigenvalue weighted by Crippen LogP contribution is 2.31. The highest BCUT2D eigenvalue weighted by atomic mass is 16.6. The van der Waals surface area contributed by atoms with Gasteiger partial charge in [-0.3, -0.25) is 0 Å². The summed E-state index contributed by atoms with van der Waals surface area (Å²) in [5.41, 5.74) is 0.631. The minimum atomic E-state index is -0.505. The first-order chi connectivity index (χ1) is 13.9. The summed E-state index contributed by atoms with van der Waals surface area (Å²) >= 11 is 0. The summed E-state index contributed by atoms with van der Waals surface area (Å²) < 4.78 is 13.0. The third-order valence-corrected chi connectivity index (χ3v) is 5.08. The summed E-state index contributed by atoms with van der Waals surface area (Å²) in [5.74, 6) is 0.821. The number of aromatic nitrogens is 2. The molecule has 7 nitrogen and oxygen atoms in total. The van der Waals surface area contributed by atoms with E-state index in [2.05, 4.69) is 22.4 Å².